The summed E-state index contributed by atoms with van der Waals surface area (Å²) in [5, 5.41) is 0. The van der Waals surface area contributed by atoms with Crippen LogP contribution in [-0.4, -0.2) is 39.6 Å². The van der Waals surface area contributed by atoms with Crippen LogP contribution in [0.4, 0.5) is 0 Å². The minimum Gasteiger partial charge on any atom is -0.381 e. The van der Waals surface area contributed by atoms with E-state index in [0.29, 0.717) is 18.3 Å². The smallest absolute Gasteiger partial charge is 0.0571 e. The maximum absolute atomic E-state index is 5.63. The summed E-state index contributed by atoms with van der Waals surface area (Å²) in [6.45, 7) is 0. The molecule has 25 heavy (non-hydrogen) atoms. The summed E-state index contributed by atoms with van der Waals surface area (Å²) in [5.74, 6) is 3.73. The summed E-state index contributed by atoms with van der Waals surface area (Å²) < 4.78 is 16.9. The van der Waals surface area contributed by atoms with Gasteiger partial charge in [-0.25, -0.2) is 0 Å². The van der Waals surface area contributed by atoms with Crippen LogP contribution in [0.2, 0.25) is 0 Å². The molecule has 3 nitrogen and oxygen atoms in total. The van der Waals surface area contributed by atoms with Crippen LogP contribution in [-0.2, 0) is 14.2 Å². The van der Waals surface area contributed by atoms with Crippen molar-refractivity contribution in [3.8, 4) is 0 Å². The van der Waals surface area contributed by atoms with Gasteiger partial charge >= 0.3 is 0 Å². The van der Waals surface area contributed by atoms with Crippen LogP contribution in [0.25, 0.3) is 0 Å². The fourth-order valence-electron chi connectivity index (χ4n) is 6.28. The van der Waals surface area contributed by atoms with E-state index >= 15 is 0 Å². The lowest BCUT2D eigenvalue weighted by atomic mass is 9.61. The molecule has 0 radical (unpaired) electrons. The average molecular weight is 353 g/mol. The third-order valence-corrected chi connectivity index (χ3v) is 7.79. The Labute approximate surface area is 155 Å². The lowest BCUT2D eigenvalue weighted by molar-refractivity contribution is -0.0204. The molecule has 3 aliphatic rings. The van der Waals surface area contributed by atoms with Crippen molar-refractivity contribution in [2.24, 2.45) is 23.7 Å². The molecule has 0 heterocycles. The van der Waals surface area contributed by atoms with Gasteiger partial charge in [-0.1, -0.05) is 0 Å². The van der Waals surface area contributed by atoms with Gasteiger partial charge in [0.25, 0.3) is 0 Å². The van der Waals surface area contributed by atoms with Crippen LogP contribution in [0, 0.1) is 23.7 Å². The first kappa shape index (κ1) is 19.6. The van der Waals surface area contributed by atoms with E-state index in [0.717, 1.165) is 23.7 Å². The first-order chi connectivity index (χ1) is 12.2. The normalized spacial score (nSPS) is 41.4. The van der Waals surface area contributed by atoms with Crippen molar-refractivity contribution in [2.45, 2.75) is 95.4 Å². The average Bonchev–Trinajstić information content (AvgIpc) is 2.70. The van der Waals surface area contributed by atoms with E-state index in [4.69, 9.17) is 14.2 Å². The van der Waals surface area contributed by atoms with Crippen LogP contribution in [0.5, 0.6) is 0 Å². The Balaban J connectivity index is 1.64. The molecule has 0 atom stereocenters. The highest BCUT2D eigenvalue weighted by atomic mass is 16.5. The second kappa shape index (κ2) is 9.71. The molecule has 3 saturated carbocycles. The van der Waals surface area contributed by atoms with Gasteiger partial charge in [-0.2, -0.15) is 0 Å². The fourth-order valence-corrected chi connectivity index (χ4v) is 6.28. The van der Waals surface area contributed by atoms with Gasteiger partial charge in [0.1, 0.15) is 0 Å². The Hall–Kier alpha value is -0.120. The second-order valence-corrected chi connectivity index (χ2v) is 8.89. The Bertz CT molecular complexity index is 304. The third kappa shape index (κ3) is 4.99. The lowest BCUT2D eigenvalue weighted by Crippen LogP contribution is -2.39. The molecule has 3 rings (SSSR count). The van der Waals surface area contributed by atoms with E-state index < -0.39 is 0 Å². The van der Waals surface area contributed by atoms with Crippen molar-refractivity contribution in [2.75, 3.05) is 21.3 Å². The summed E-state index contributed by atoms with van der Waals surface area (Å²) in [4.78, 5) is 0. The molecule has 0 saturated heterocycles. The summed E-state index contributed by atoms with van der Waals surface area (Å²) in [5.41, 5.74) is 0. The largest absolute Gasteiger partial charge is 0.381 e. The Morgan fingerprint density at radius 1 is 0.440 bits per heavy atom. The molecule has 0 aliphatic heterocycles. The van der Waals surface area contributed by atoms with Crippen molar-refractivity contribution in [1.29, 1.82) is 0 Å². The minimum atomic E-state index is 0.519. The van der Waals surface area contributed by atoms with E-state index in [1.54, 1.807) is 0 Å². The Morgan fingerprint density at radius 3 is 0.880 bits per heavy atom. The summed E-state index contributed by atoms with van der Waals surface area (Å²) in [6.07, 6.45) is 17.5. The first-order valence-corrected chi connectivity index (χ1v) is 10.8. The summed E-state index contributed by atoms with van der Waals surface area (Å²) in [6, 6.07) is 0. The molecule has 0 aromatic carbocycles. The van der Waals surface area contributed by atoms with E-state index in [1.807, 2.05) is 21.3 Å². The van der Waals surface area contributed by atoms with E-state index in [-0.39, 0.29) is 0 Å². The standard InChI is InChI=1S/C22H40O3/c1-23-19-10-4-16(5-11-19)22(17-6-12-20(24-2)13-7-17)18-8-14-21(25-3)15-9-18/h16-22H,4-15H2,1-3H3. The highest BCUT2D eigenvalue weighted by molar-refractivity contribution is 4.90. The van der Waals surface area contributed by atoms with E-state index in [2.05, 4.69) is 0 Å². The molecule has 3 aliphatic carbocycles. The van der Waals surface area contributed by atoms with Crippen LogP contribution in [0.1, 0.15) is 77.0 Å². The quantitative estimate of drug-likeness (QED) is 0.656. The Kier molecular flexibility index (Phi) is 7.63. The predicted molar refractivity (Wildman–Crippen MR) is 102 cm³/mol. The van der Waals surface area contributed by atoms with Gasteiger partial charge in [-0.3, -0.25) is 0 Å². The fraction of sp³-hybridized carbons (Fsp3) is 1.00. The molecule has 0 bridgehead atoms. The zero-order valence-corrected chi connectivity index (χ0v) is 16.8. The van der Waals surface area contributed by atoms with Crippen LogP contribution < -0.4 is 0 Å². The van der Waals surface area contributed by atoms with Gasteiger partial charge in [-0.05, 0) is 101 Å². The molecule has 0 N–H and O–H groups in total. The van der Waals surface area contributed by atoms with Gasteiger partial charge < -0.3 is 14.2 Å². The zero-order chi connectivity index (χ0) is 17.6. The van der Waals surface area contributed by atoms with Gasteiger partial charge in [0.2, 0.25) is 0 Å². The van der Waals surface area contributed by atoms with Crippen molar-refractivity contribution in [3.05, 3.63) is 0 Å². The minimum absolute atomic E-state index is 0.519. The van der Waals surface area contributed by atoms with Gasteiger partial charge in [0, 0.05) is 21.3 Å². The monoisotopic (exact) mass is 352 g/mol. The van der Waals surface area contributed by atoms with Crippen LogP contribution >= 0.6 is 0 Å². The van der Waals surface area contributed by atoms with Crippen molar-refractivity contribution in [1.82, 2.24) is 0 Å². The highest BCUT2D eigenvalue weighted by Crippen LogP contribution is 2.48. The number of hydrogen-bond donors (Lipinski definition) is 0. The van der Waals surface area contributed by atoms with Gasteiger partial charge in [0.15, 0.2) is 0 Å². The molecule has 0 spiro atoms. The third-order valence-electron chi connectivity index (χ3n) is 7.79. The van der Waals surface area contributed by atoms with E-state index in [1.165, 1.54) is 77.0 Å². The topological polar surface area (TPSA) is 27.7 Å². The molecule has 0 aromatic heterocycles. The SMILES string of the molecule is COC1CCC(C(C2CCC(OC)CC2)C2CCC(OC)CC2)CC1. The number of hydrogen-bond acceptors (Lipinski definition) is 3. The molecule has 0 unspecified atom stereocenters. The molecule has 146 valence electrons. The zero-order valence-electron chi connectivity index (χ0n) is 16.8. The van der Waals surface area contributed by atoms with Crippen molar-refractivity contribution < 1.29 is 14.2 Å². The summed E-state index contributed by atoms with van der Waals surface area (Å²) in [7, 11) is 5.67. The number of rotatable bonds is 6. The van der Waals surface area contributed by atoms with Crippen molar-refractivity contribution in [3.63, 3.8) is 0 Å². The number of ether oxygens (including phenoxy) is 3. The number of methoxy groups -OCH3 is 3. The maximum Gasteiger partial charge on any atom is 0.0571 e. The molecule has 3 fully saturated rings. The molecule has 3 heteroatoms. The summed E-state index contributed by atoms with van der Waals surface area (Å²) >= 11 is 0. The predicted octanol–water partition coefficient (Wildman–Crippen LogP) is 5.22. The Morgan fingerprint density at radius 2 is 0.680 bits per heavy atom. The van der Waals surface area contributed by atoms with Crippen LogP contribution in [0.15, 0.2) is 0 Å². The van der Waals surface area contributed by atoms with E-state index in [9.17, 15) is 0 Å². The maximum atomic E-state index is 5.63. The first-order valence-electron chi connectivity index (χ1n) is 10.8. The molecular weight excluding hydrogens is 312 g/mol. The molecular formula is C22H40O3. The lowest BCUT2D eigenvalue weighted by Gasteiger charge is -2.46. The van der Waals surface area contributed by atoms with Gasteiger partial charge in [0.05, 0.1) is 18.3 Å². The highest BCUT2D eigenvalue weighted by Gasteiger charge is 2.40. The second-order valence-electron chi connectivity index (χ2n) is 8.89. The van der Waals surface area contributed by atoms with Crippen LogP contribution in [0.3, 0.4) is 0 Å². The molecule has 0 aromatic rings. The van der Waals surface area contributed by atoms with Crippen molar-refractivity contribution >= 4 is 0 Å². The molecule has 0 amide bonds. The van der Waals surface area contributed by atoms with Gasteiger partial charge in [-0.15, -0.1) is 0 Å².